The Bertz CT molecular complexity index is 343. The van der Waals surface area contributed by atoms with Crippen molar-refractivity contribution < 1.29 is 4.74 Å². The maximum atomic E-state index is 5.88. The van der Waals surface area contributed by atoms with E-state index in [-0.39, 0.29) is 5.60 Å². The first kappa shape index (κ1) is 13.6. The van der Waals surface area contributed by atoms with Crippen molar-refractivity contribution in [2.45, 2.75) is 50.2 Å². The summed E-state index contributed by atoms with van der Waals surface area (Å²) < 4.78 is 5.88. The molecular weight excluding hydrogens is 222 g/mol. The van der Waals surface area contributed by atoms with Crippen molar-refractivity contribution in [1.29, 1.82) is 0 Å². The van der Waals surface area contributed by atoms with Crippen molar-refractivity contribution in [1.82, 2.24) is 5.32 Å². The lowest BCUT2D eigenvalue weighted by Gasteiger charge is -2.36. The number of methoxy groups -OCH3 is 1. The molecule has 2 heteroatoms. The molecule has 1 saturated carbocycles. The lowest BCUT2D eigenvalue weighted by atomic mass is 9.87. The Hall–Kier alpha value is -0.860. The first-order chi connectivity index (χ1) is 8.80. The molecule has 0 bridgehead atoms. The van der Waals surface area contributed by atoms with Gasteiger partial charge in [0.05, 0.1) is 5.60 Å². The summed E-state index contributed by atoms with van der Waals surface area (Å²) in [5.74, 6) is 0. The van der Waals surface area contributed by atoms with Crippen LogP contribution in [0.25, 0.3) is 0 Å². The Morgan fingerprint density at radius 1 is 1.22 bits per heavy atom. The molecular formula is C16H25NO. The highest BCUT2D eigenvalue weighted by Gasteiger charge is 2.40. The summed E-state index contributed by atoms with van der Waals surface area (Å²) in [5, 5.41) is 3.48. The number of ether oxygens (including phenoxy) is 1. The summed E-state index contributed by atoms with van der Waals surface area (Å²) in [6.07, 6.45) is 7.27. The van der Waals surface area contributed by atoms with Gasteiger partial charge in [-0.15, -0.1) is 0 Å². The van der Waals surface area contributed by atoms with E-state index in [1.807, 2.05) is 7.11 Å². The van der Waals surface area contributed by atoms with E-state index < -0.39 is 0 Å². The molecule has 0 heterocycles. The quantitative estimate of drug-likeness (QED) is 0.833. The third kappa shape index (κ3) is 2.93. The molecule has 1 atom stereocenters. The Morgan fingerprint density at radius 2 is 1.89 bits per heavy atom. The molecule has 2 rings (SSSR count). The lowest BCUT2D eigenvalue weighted by Crippen LogP contribution is -2.49. The average Bonchev–Trinajstić information content (AvgIpc) is 2.91. The minimum atomic E-state index is 0.0729. The van der Waals surface area contributed by atoms with Gasteiger partial charge in [0.2, 0.25) is 0 Å². The van der Waals surface area contributed by atoms with E-state index in [1.54, 1.807) is 0 Å². The molecule has 2 nitrogen and oxygen atoms in total. The standard InChI is InChI=1S/C16H25NO/c1-17-15(16(18-2)12-6-7-13-16)11-10-14-8-4-3-5-9-14/h3-5,8-9,15,17H,6-7,10-13H2,1-2H3. The van der Waals surface area contributed by atoms with Crippen molar-refractivity contribution in [3.8, 4) is 0 Å². The second kappa shape index (κ2) is 6.35. The van der Waals surface area contributed by atoms with Crippen LogP contribution in [0.2, 0.25) is 0 Å². The number of benzene rings is 1. The molecule has 1 aliphatic carbocycles. The zero-order chi connectivity index (χ0) is 12.8. The van der Waals surface area contributed by atoms with Crippen LogP contribution < -0.4 is 5.32 Å². The summed E-state index contributed by atoms with van der Waals surface area (Å²) in [6, 6.07) is 11.2. The van der Waals surface area contributed by atoms with E-state index in [0.717, 1.165) is 12.8 Å². The number of rotatable bonds is 6. The largest absolute Gasteiger partial charge is 0.377 e. The van der Waals surface area contributed by atoms with Gasteiger partial charge in [-0.1, -0.05) is 43.2 Å². The summed E-state index contributed by atoms with van der Waals surface area (Å²) in [7, 11) is 3.94. The van der Waals surface area contributed by atoms with Gasteiger partial charge in [-0.05, 0) is 38.3 Å². The Morgan fingerprint density at radius 3 is 2.44 bits per heavy atom. The van der Waals surface area contributed by atoms with Crippen LogP contribution in [-0.2, 0) is 11.2 Å². The molecule has 1 fully saturated rings. The number of likely N-dealkylation sites (N-methyl/N-ethyl adjacent to an activating group) is 1. The Balaban J connectivity index is 1.96. The minimum absolute atomic E-state index is 0.0729. The third-order valence-electron chi connectivity index (χ3n) is 4.40. The molecule has 18 heavy (non-hydrogen) atoms. The van der Waals surface area contributed by atoms with Crippen LogP contribution in [0, 0.1) is 0 Å². The summed E-state index contributed by atoms with van der Waals surface area (Å²) in [6.45, 7) is 0. The van der Waals surface area contributed by atoms with Gasteiger partial charge in [0.25, 0.3) is 0 Å². The van der Waals surface area contributed by atoms with Crippen molar-refractivity contribution in [3.05, 3.63) is 35.9 Å². The van der Waals surface area contributed by atoms with Crippen LogP contribution in [0.5, 0.6) is 0 Å². The highest BCUT2D eigenvalue weighted by atomic mass is 16.5. The fraction of sp³-hybridized carbons (Fsp3) is 0.625. The Labute approximate surface area is 111 Å². The molecule has 1 aromatic carbocycles. The molecule has 0 saturated heterocycles. The van der Waals surface area contributed by atoms with E-state index in [9.17, 15) is 0 Å². The fourth-order valence-corrected chi connectivity index (χ4v) is 3.29. The second-order valence-electron chi connectivity index (χ2n) is 5.34. The topological polar surface area (TPSA) is 21.3 Å². The zero-order valence-corrected chi connectivity index (χ0v) is 11.6. The predicted molar refractivity (Wildman–Crippen MR) is 75.8 cm³/mol. The van der Waals surface area contributed by atoms with E-state index >= 15 is 0 Å². The molecule has 1 aromatic rings. The summed E-state index contributed by atoms with van der Waals surface area (Å²) in [5.41, 5.74) is 1.49. The molecule has 0 aliphatic heterocycles. The minimum Gasteiger partial charge on any atom is -0.377 e. The molecule has 0 spiro atoms. The van der Waals surface area contributed by atoms with E-state index in [2.05, 4.69) is 42.7 Å². The molecule has 1 aliphatic rings. The van der Waals surface area contributed by atoms with Crippen molar-refractivity contribution >= 4 is 0 Å². The van der Waals surface area contributed by atoms with E-state index in [1.165, 1.54) is 31.2 Å². The maximum absolute atomic E-state index is 5.88. The van der Waals surface area contributed by atoms with E-state index in [4.69, 9.17) is 4.74 Å². The highest BCUT2D eigenvalue weighted by Crippen LogP contribution is 2.37. The molecule has 1 N–H and O–H groups in total. The predicted octanol–water partition coefficient (Wildman–Crippen LogP) is 3.17. The average molecular weight is 247 g/mol. The van der Waals surface area contributed by atoms with Gasteiger partial charge in [-0.2, -0.15) is 0 Å². The van der Waals surface area contributed by atoms with Crippen LogP contribution in [0.4, 0.5) is 0 Å². The molecule has 0 radical (unpaired) electrons. The summed E-state index contributed by atoms with van der Waals surface area (Å²) >= 11 is 0. The zero-order valence-electron chi connectivity index (χ0n) is 11.6. The van der Waals surface area contributed by atoms with Crippen LogP contribution in [0.15, 0.2) is 30.3 Å². The molecule has 1 unspecified atom stereocenters. The fourth-order valence-electron chi connectivity index (χ4n) is 3.29. The number of hydrogen-bond donors (Lipinski definition) is 1. The monoisotopic (exact) mass is 247 g/mol. The lowest BCUT2D eigenvalue weighted by molar-refractivity contribution is -0.0357. The van der Waals surface area contributed by atoms with Crippen LogP contribution >= 0.6 is 0 Å². The normalized spacial score (nSPS) is 19.9. The van der Waals surface area contributed by atoms with Gasteiger partial charge in [0.1, 0.15) is 0 Å². The van der Waals surface area contributed by atoms with Gasteiger partial charge in [0.15, 0.2) is 0 Å². The van der Waals surface area contributed by atoms with Crippen LogP contribution in [0.1, 0.15) is 37.7 Å². The van der Waals surface area contributed by atoms with E-state index in [0.29, 0.717) is 6.04 Å². The van der Waals surface area contributed by atoms with Crippen molar-refractivity contribution in [2.24, 2.45) is 0 Å². The molecule has 100 valence electrons. The number of hydrogen-bond acceptors (Lipinski definition) is 2. The third-order valence-corrected chi connectivity index (χ3v) is 4.40. The first-order valence-corrected chi connectivity index (χ1v) is 7.07. The molecule has 0 amide bonds. The van der Waals surface area contributed by atoms with Gasteiger partial charge in [-0.25, -0.2) is 0 Å². The summed E-state index contributed by atoms with van der Waals surface area (Å²) in [4.78, 5) is 0. The smallest absolute Gasteiger partial charge is 0.0830 e. The van der Waals surface area contributed by atoms with Crippen molar-refractivity contribution in [3.63, 3.8) is 0 Å². The maximum Gasteiger partial charge on any atom is 0.0830 e. The van der Waals surface area contributed by atoms with Gasteiger partial charge < -0.3 is 10.1 Å². The number of nitrogens with one attached hydrogen (secondary N) is 1. The van der Waals surface area contributed by atoms with Gasteiger partial charge in [-0.3, -0.25) is 0 Å². The highest BCUT2D eigenvalue weighted by molar-refractivity contribution is 5.15. The van der Waals surface area contributed by atoms with Crippen molar-refractivity contribution in [2.75, 3.05) is 14.2 Å². The Kier molecular flexibility index (Phi) is 4.79. The van der Waals surface area contributed by atoms with Gasteiger partial charge in [0, 0.05) is 13.2 Å². The van der Waals surface area contributed by atoms with Crippen LogP contribution in [0.3, 0.4) is 0 Å². The number of aryl methyl sites for hydroxylation is 1. The second-order valence-corrected chi connectivity index (χ2v) is 5.34. The van der Waals surface area contributed by atoms with Gasteiger partial charge >= 0.3 is 0 Å². The first-order valence-electron chi connectivity index (χ1n) is 7.07. The molecule has 0 aromatic heterocycles. The van der Waals surface area contributed by atoms with Crippen LogP contribution in [-0.4, -0.2) is 25.8 Å². The SMILES string of the molecule is CNC(CCc1ccccc1)C1(OC)CCCC1.